The number of sulfonamides is 1. The van der Waals surface area contributed by atoms with Gasteiger partial charge in [0.25, 0.3) is 0 Å². The zero-order valence-corrected chi connectivity index (χ0v) is 11.8. The average molecular weight is 298 g/mol. The van der Waals surface area contributed by atoms with Crippen LogP contribution in [0.25, 0.3) is 0 Å². The number of pyridine rings is 1. The lowest BCUT2D eigenvalue weighted by atomic mass is 10.3. The molecule has 110 valence electrons. The molecule has 1 aromatic heterocycles. The number of aromatic nitrogens is 1. The van der Waals surface area contributed by atoms with Crippen molar-refractivity contribution in [3.63, 3.8) is 0 Å². The maximum atomic E-state index is 12.0. The summed E-state index contributed by atoms with van der Waals surface area (Å²) < 4.78 is 26.3. The standard InChI is InChI=1S/C12H18N4O3S/c13-10-5-7-14-8-11(10)20(18,19)15-6-1-2-12(17)16-9-3-4-9/h5,7-9,15H,1-4,6H2,(H2,13,14)(H,16,17). The molecule has 0 aliphatic heterocycles. The van der Waals surface area contributed by atoms with Crippen molar-refractivity contribution >= 4 is 21.6 Å². The molecule has 4 N–H and O–H groups in total. The summed E-state index contributed by atoms with van der Waals surface area (Å²) in [7, 11) is -3.67. The lowest BCUT2D eigenvalue weighted by Crippen LogP contribution is -2.29. The highest BCUT2D eigenvalue weighted by molar-refractivity contribution is 7.89. The third kappa shape index (κ3) is 4.17. The number of nitrogens with one attached hydrogen (secondary N) is 2. The van der Waals surface area contributed by atoms with Gasteiger partial charge in [-0.2, -0.15) is 0 Å². The van der Waals surface area contributed by atoms with Crippen LogP contribution >= 0.6 is 0 Å². The summed E-state index contributed by atoms with van der Waals surface area (Å²) in [5.41, 5.74) is 5.75. The fourth-order valence-corrected chi connectivity index (χ4v) is 2.82. The first-order valence-electron chi connectivity index (χ1n) is 6.47. The van der Waals surface area contributed by atoms with Crippen LogP contribution in [0.4, 0.5) is 5.69 Å². The van der Waals surface area contributed by atoms with Crippen LogP contribution in [0, 0.1) is 0 Å². The summed E-state index contributed by atoms with van der Waals surface area (Å²) in [6.07, 6.45) is 5.46. The molecular weight excluding hydrogens is 280 g/mol. The molecule has 7 nitrogen and oxygen atoms in total. The minimum atomic E-state index is -3.67. The van der Waals surface area contributed by atoms with Crippen LogP contribution in [-0.4, -0.2) is 31.9 Å². The van der Waals surface area contributed by atoms with Gasteiger partial charge in [0, 0.05) is 31.4 Å². The maximum Gasteiger partial charge on any atom is 0.244 e. The molecule has 0 saturated heterocycles. The van der Waals surface area contributed by atoms with E-state index in [-0.39, 0.29) is 23.0 Å². The Morgan fingerprint density at radius 3 is 2.85 bits per heavy atom. The number of carbonyl (C=O) groups is 1. The molecule has 8 heteroatoms. The number of hydrogen-bond donors (Lipinski definition) is 3. The normalized spacial score (nSPS) is 15.0. The maximum absolute atomic E-state index is 12.0. The van der Waals surface area contributed by atoms with Crippen LogP contribution in [0.5, 0.6) is 0 Å². The summed E-state index contributed by atoms with van der Waals surface area (Å²) in [5, 5.41) is 2.85. The topological polar surface area (TPSA) is 114 Å². The van der Waals surface area contributed by atoms with Crippen molar-refractivity contribution in [1.29, 1.82) is 0 Å². The third-order valence-corrected chi connectivity index (χ3v) is 4.43. The van der Waals surface area contributed by atoms with E-state index >= 15 is 0 Å². The molecule has 0 atom stereocenters. The minimum Gasteiger partial charge on any atom is -0.398 e. The first kappa shape index (κ1) is 14.7. The quantitative estimate of drug-likeness (QED) is 0.613. The van der Waals surface area contributed by atoms with Crippen molar-refractivity contribution in [1.82, 2.24) is 15.0 Å². The predicted molar refractivity (Wildman–Crippen MR) is 74.2 cm³/mol. The molecule has 1 heterocycles. The zero-order valence-electron chi connectivity index (χ0n) is 11.0. The van der Waals surface area contributed by atoms with Gasteiger partial charge in [-0.25, -0.2) is 13.1 Å². The summed E-state index contributed by atoms with van der Waals surface area (Å²) in [6.45, 7) is 0.189. The zero-order chi connectivity index (χ0) is 14.6. The number of amides is 1. The Morgan fingerprint density at radius 2 is 2.20 bits per heavy atom. The Labute approximate surface area is 118 Å². The molecule has 20 heavy (non-hydrogen) atoms. The highest BCUT2D eigenvalue weighted by Crippen LogP contribution is 2.18. The van der Waals surface area contributed by atoms with Crippen LogP contribution in [0.1, 0.15) is 25.7 Å². The van der Waals surface area contributed by atoms with Gasteiger partial charge in [-0.1, -0.05) is 0 Å². The van der Waals surface area contributed by atoms with Gasteiger partial charge in [0.15, 0.2) is 0 Å². The van der Waals surface area contributed by atoms with E-state index in [9.17, 15) is 13.2 Å². The second-order valence-corrected chi connectivity index (χ2v) is 6.49. The molecule has 1 aliphatic carbocycles. The van der Waals surface area contributed by atoms with Crippen molar-refractivity contribution < 1.29 is 13.2 Å². The van der Waals surface area contributed by atoms with Gasteiger partial charge in [0.05, 0.1) is 5.69 Å². The molecule has 0 bridgehead atoms. The van der Waals surface area contributed by atoms with E-state index in [2.05, 4.69) is 15.0 Å². The van der Waals surface area contributed by atoms with E-state index in [1.165, 1.54) is 18.5 Å². The van der Waals surface area contributed by atoms with E-state index in [4.69, 9.17) is 5.73 Å². The summed E-state index contributed by atoms with van der Waals surface area (Å²) >= 11 is 0. The number of nitrogens with two attached hydrogens (primary N) is 1. The molecule has 1 saturated carbocycles. The second kappa shape index (κ2) is 6.19. The second-order valence-electron chi connectivity index (χ2n) is 4.76. The van der Waals surface area contributed by atoms with Crippen LogP contribution in [-0.2, 0) is 14.8 Å². The lowest BCUT2D eigenvalue weighted by Gasteiger charge is -2.08. The number of hydrogen-bond acceptors (Lipinski definition) is 5. The van der Waals surface area contributed by atoms with Crippen molar-refractivity contribution in [3.05, 3.63) is 18.5 Å². The van der Waals surface area contributed by atoms with Crippen molar-refractivity contribution in [2.24, 2.45) is 0 Å². The summed E-state index contributed by atoms with van der Waals surface area (Å²) in [4.78, 5) is 15.1. The van der Waals surface area contributed by atoms with Gasteiger partial charge in [-0.05, 0) is 25.3 Å². The van der Waals surface area contributed by atoms with Gasteiger partial charge in [-0.3, -0.25) is 9.78 Å². The van der Waals surface area contributed by atoms with Crippen LogP contribution in [0.2, 0.25) is 0 Å². The molecule has 1 amide bonds. The minimum absolute atomic E-state index is 0.0346. The Bertz CT molecular complexity index is 584. The first-order chi connectivity index (χ1) is 9.49. The molecular formula is C12H18N4O3S. The molecule has 2 rings (SSSR count). The molecule has 0 spiro atoms. The number of nitrogen functional groups attached to an aromatic ring is 1. The van der Waals surface area contributed by atoms with E-state index in [0.717, 1.165) is 12.8 Å². The van der Waals surface area contributed by atoms with Gasteiger partial charge >= 0.3 is 0 Å². The Hall–Kier alpha value is -1.67. The molecule has 0 radical (unpaired) electrons. The third-order valence-electron chi connectivity index (χ3n) is 2.92. The smallest absolute Gasteiger partial charge is 0.244 e. The predicted octanol–water partition coefficient (Wildman–Crippen LogP) is 0.000900. The first-order valence-corrected chi connectivity index (χ1v) is 7.96. The van der Waals surface area contributed by atoms with Crippen LogP contribution < -0.4 is 15.8 Å². The summed E-state index contributed by atoms with van der Waals surface area (Å²) in [5.74, 6) is -0.0346. The lowest BCUT2D eigenvalue weighted by molar-refractivity contribution is -0.121. The van der Waals surface area contributed by atoms with E-state index < -0.39 is 10.0 Å². The number of rotatable bonds is 7. The van der Waals surface area contributed by atoms with Gasteiger partial charge in [0.2, 0.25) is 15.9 Å². The Morgan fingerprint density at radius 1 is 1.45 bits per heavy atom. The highest BCUT2D eigenvalue weighted by atomic mass is 32.2. The van der Waals surface area contributed by atoms with Crippen molar-refractivity contribution in [2.75, 3.05) is 12.3 Å². The number of nitrogens with zero attached hydrogens (tertiary/aromatic N) is 1. The fourth-order valence-electron chi connectivity index (χ4n) is 1.68. The Balaban J connectivity index is 1.78. The molecule has 1 aromatic rings. The largest absolute Gasteiger partial charge is 0.398 e. The van der Waals surface area contributed by atoms with Crippen LogP contribution in [0.3, 0.4) is 0 Å². The molecule has 1 aliphatic rings. The molecule has 0 aromatic carbocycles. The monoisotopic (exact) mass is 298 g/mol. The van der Waals surface area contributed by atoms with Gasteiger partial charge in [-0.15, -0.1) is 0 Å². The van der Waals surface area contributed by atoms with Crippen molar-refractivity contribution in [3.8, 4) is 0 Å². The van der Waals surface area contributed by atoms with Crippen molar-refractivity contribution in [2.45, 2.75) is 36.6 Å². The highest BCUT2D eigenvalue weighted by Gasteiger charge is 2.23. The van der Waals surface area contributed by atoms with Gasteiger partial charge < -0.3 is 11.1 Å². The average Bonchev–Trinajstić information content (AvgIpc) is 3.19. The van der Waals surface area contributed by atoms with Crippen LogP contribution in [0.15, 0.2) is 23.4 Å². The van der Waals surface area contributed by atoms with Gasteiger partial charge in [0.1, 0.15) is 4.90 Å². The fraction of sp³-hybridized carbons (Fsp3) is 0.500. The SMILES string of the molecule is Nc1ccncc1S(=O)(=O)NCCCC(=O)NC1CC1. The number of carbonyl (C=O) groups excluding carboxylic acids is 1. The Kier molecular flexibility index (Phi) is 4.56. The molecule has 1 fully saturated rings. The van der Waals surface area contributed by atoms with E-state index in [1.807, 2.05) is 0 Å². The molecule has 0 unspecified atom stereocenters. The van der Waals surface area contributed by atoms with E-state index in [1.54, 1.807) is 0 Å². The van der Waals surface area contributed by atoms with E-state index in [0.29, 0.717) is 18.9 Å². The number of anilines is 1. The summed E-state index contributed by atoms with van der Waals surface area (Å²) in [6, 6.07) is 1.76.